The number of halogens is 1. The number of hydrogen-bond acceptors (Lipinski definition) is 6. The molecule has 0 saturated carbocycles. The summed E-state index contributed by atoms with van der Waals surface area (Å²) in [5.74, 6) is -1.29. The maximum Gasteiger partial charge on any atom is 0.258 e. The van der Waals surface area contributed by atoms with E-state index in [4.69, 9.17) is 0 Å². The molecule has 1 aliphatic rings. The van der Waals surface area contributed by atoms with E-state index in [-0.39, 0.29) is 30.3 Å². The van der Waals surface area contributed by atoms with Crippen LogP contribution in [0, 0.1) is 12.7 Å². The maximum absolute atomic E-state index is 15.6. The van der Waals surface area contributed by atoms with Gasteiger partial charge in [-0.1, -0.05) is 35.9 Å². The molecule has 0 fully saturated rings. The molecule has 2 amide bonds. The number of benzene rings is 2. The topological polar surface area (TPSA) is 107 Å². The van der Waals surface area contributed by atoms with Gasteiger partial charge >= 0.3 is 0 Å². The fourth-order valence-electron chi connectivity index (χ4n) is 4.28. The quantitative estimate of drug-likeness (QED) is 0.444. The minimum atomic E-state index is -0.868. The molecule has 0 bridgehead atoms. The molecule has 0 aliphatic carbocycles. The average Bonchev–Trinajstić information content (AvgIpc) is 3.18. The fraction of sp³-hybridized carbons (Fsp3) is 0.333. The van der Waals surface area contributed by atoms with E-state index in [1.165, 1.54) is 11.1 Å². The predicted molar refractivity (Wildman–Crippen MR) is 135 cm³/mol. The molecule has 4 rings (SSSR count). The largest absolute Gasteiger partial charge is 0.394 e. The first-order valence-electron chi connectivity index (χ1n) is 11.9. The Hall–Kier alpha value is -3.85. The van der Waals surface area contributed by atoms with E-state index in [9.17, 15) is 14.7 Å². The number of hydrogen-bond donors (Lipinski definition) is 3. The second kappa shape index (κ2) is 10.4. The summed E-state index contributed by atoms with van der Waals surface area (Å²) in [5, 5.41) is 15.7. The Morgan fingerprint density at radius 3 is 2.67 bits per heavy atom. The monoisotopic (exact) mass is 491 g/mol. The van der Waals surface area contributed by atoms with E-state index in [2.05, 4.69) is 20.6 Å². The van der Waals surface area contributed by atoms with Gasteiger partial charge in [-0.3, -0.25) is 9.59 Å². The number of rotatable bonds is 8. The number of fused-ring (bicyclic) bond motifs is 1. The Morgan fingerprint density at radius 1 is 1.19 bits per heavy atom. The number of aliphatic hydroxyl groups is 1. The van der Waals surface area contributed by atoms with Gasteiger partial charge in [0.25, 0.3) is 5.91 Å². The zero-order chi connectivity index (χ0) is 26.0. The highest BCUT2D eigenvalue weighted by atomic mass is 19.1. The average molecular weight is 492 g/mol. The lowest BCUT2D eigenvalue weighted by atomic mass is 10.0. The standard InChI is InChI=1S/C27H30FN5O3/c1-15(2)30-27-29-11-10-21(32-27)20-9-8-19-13-33(26(36)23(19)24(20)28)17(4)25(35)31-22(14-34)18-7-5-6-16(3)12-18/h5-12,15,17,22,34H,13-14H2,1-4H3,(H,31,35)(H,29,30,32)/t17-,22-/m1/s1. The molecule has 8 nitrogen and oxygen atoms in total. The summed E-state index contributed by atoms with van der Waals surface area (Å²) in [6, 6.07) is 11.0. The molecule has 188 valence electrons. The van der Waals surface area contributed by atoms with Crippen molar-refractivity contribution in [3.05, 3.63) is 76.7 Å². The molecule has 2 atom stereocenters. The molecule has 3 N–H and O–H groups in total. The van der Waals surface area contributed by atoms with Crippen LogP contribution in [0.3, 0.4) is 0 Å². The third-order valence-electron chi connectivity index (χ3n) is 6.18. The molecule has 0 spiro atoms. The van der Waals surface area contributed by atoms with Crippen LogP contribution in [-0.2, 0) is 11.3 Å². The minimum absolute atomic E-state index is 0.0541. The molecular formula is C27H30FN5O3. The van der Waals surface area contributed by atoms with Crippen molar-refractivity contribution in [1.82, 2.24) is 20.2 Å². The van der Waals surface area contributed by atoms with Gasteiger partial charge in [0.05, 0.1) is 23.9 Å². The van der Waals surface area contributed by atoms with Crippen molar-refractivity contribution in [2.45, 2.75) is 52.4 Å². The lowest BCUT2D eigenvalue weighted by Gasteiger charge is -2.26. The lowest BCUT2D eigenvalue weighted by molar-refractivity contribution is -0.126. The molecule has 1 aliphatic heterocycles. The van der Waals surface area contributed by atoms with Crippen molar-refractivity contribution in [3.8, 4) is 11.3 Å². The highest BCUT2D eigenvalue weighted by molar-refractivity contribution is 6.02. The Bertz CT molecular complexity index is 1300. The van der Waals surface area contributed by atoms with Gasteiger partial charge in [0.2, 0.25) is 11.9 Å². The number of nitrogens with one attached hydrogen (secondary N) is 2. The van der Waals surface area contributed by atoms with Crippen molar-refractivity contribution < 1.29 is 19.1 Å². The van der Waals surface area contributed by atoms with Crippen LogP contribution in [0.5, 0.6) is 0 Å². The molecule has 9 heteroatoms. The first-order valence-corrected chi connectivity index (χ1v) is 11.9. The normalized spacial score (nSPS) is 14.5. The first kappa shape index (κ1) is 25.2. The zero-order valence-corrected chi connectivity index (χ0v) is 20.7. The number of amides is 2. The van der Waals surface area contributed by atoms with Crippen LogP contribution in [0.2, 0.25) is 0 Å². The fourth-order valence-corrected chi connectivity index (χ4v) is 4.28. The van der Waals surface area contributed by atoms with Crippen molar-refractivity contribution in [3.63, 3.8) is 0 Å². The van der Waals surface area contributed by atoms with Crippen molar-refractivity contribution >= 4 is 17.8 Å². The van der Waals surface area contributed by atoms with Crippen LogP contribution in [0.25, 0.3) is 11.3 Å². The van der Waals surface area contributed by atoms with Crippen LogP contribution in [-0.4, -0.2) is 50.5 Å². The summed E-state index contributed by atoms with van der Waals surface area (Å²) in [7, 11) is 0. The van der Waals surface area contributed by atoms with Gasteiger partial charge in [0, 0.05) is 24.3 Å². The predicted octanol–water partition coefficient (Wildman–Crippen LogP) is 3.61. The Kier molecular flexibility index (Phi) is 7.30. The third-order valence-corrected chi connectivity index (χ3v) is 6.18. The molecule has 0 radical (unpaired) electrons. The highest BCUT2D eigenvalue weighted by Gasteiger charge is 2.37. The number of carbonyl (C=O) groups excluding carboxylic acids is 2. The van der Waals surface area contributed by atoms with E-state index in [0.717, 1.165) is 11.1 Å². The van der Waals surface area contributed by atoms with E-state index < -0.39 is 29.7 Å². The lowest BCUT2D eigenvalue weighted by Crippen LogP contribution is -2.46. The van der Waals surface area contributed by atoms with Crippen LogP contribution < -0.4 is 10.6 Å². The second-order valence-corrected chi connectivity index (χ2v) is 9.29. The van der Waals surface area contributed by atoms with Gasteiger partial charge in [-0.25, -0.2) is 14.4 Å². The number of nitrogens with zero attached hydrogens (tertiary/aromatic N) is 3. The van der Waals surface area contributed by atoms with Crippen molar-refractivity contribution in [1.29, 1.82) is 0 Å². The molecule has 2 aromatic carbocycles. The van der Waals surface area contributed by atoms with Gasteiger partial charge < -0.3 is 20.6 Å². The van der Waals surface area contributed by atoms with E-state index >= 15 is 4.39 Å². The van der Waals surface area contributed by atoms with Gasteiger partial charge in [-0.05, 0) is 51.0 Å². The zero-order valence-electron chi connectivity index (χ0n) is 20.7. The van der Waals surface area contributed by atoms with Gasteiger partial charge in [-0.2, -0.15) is 0 Å². The molecular weight excluding hydrogens is 461 g/mol. The smallest absolute Gasteiger partial charge is 0.258 e. The van der Waals surface area contributed by atoms with Crippen LogP contribution in [0.15, 0.2) is 48.7 Å². The van der Waals surface area contributed by atoms with E-state index in [1.807, 2.05) is 45.0 Å². The van der Waals surface area contributed by atoms with Gasteiger partial charge in [-0.15, -0.1) is 0 Å². The molecule has 2 heterocycles. The van der Waals surface area contributed by atoms with Crippen molar-refractivity contribution in [2.24, 2.45) is 0 Å². The summed E-state index contributed by atoms with van der Waals surface area (Å²) in [5.41, 5.74) is 2.76. The SMILES string of the molecule is Cc1cccc([C@@H](CO)NC(=O)[C@@H](C)N2Cc3ccc(-c4ccnc(NC(C)C)n4)c(F)c3C2=O)c1. The van der Waals surface area contributed by atoms with Gasteiger partial charge in [0.1, 0.15) is 11.9 Å². The number of aromatic nitrogens is 2. The summed E-state index contributed by atoms with van der Waals surface area (Å²) in [4.78, 5) is 36.1. The van der Waals surface area contributed by atoms with Gasteiger partial charge in [0.15, 0.2) is 0 Å². The molecule has 1 aromatic heterocycles. The minimum Gasteiger partial charge on any atom is -0.394 e. The van der Waals surface area contributed by atoms with Crippen LogP contribution in [0.1, 0.15) is 53.9 Å². The summed E-state index contributed by atoms with van der Waals surface area (Å²) in [6.45, 7) is 7.23. The summed E-state index contributed by atoms with van der Waals surface area (Å²) < 4.78 is 15.6. The molecule has 36 heavy (non-hydrogen) atoms. The third kappa shape index (κ3) is 5.06. The second-order valence-electron chi connectivity index (χ2n) is 9.29. The Morgan fingerprint density at radius 2 is 1.97 bits per heavy atom. The highest BCUT2D eigenvalue weighted by Crippen LogP contribution is 2.33. The van der Waals surface area contributed by atoms with Crippen molar-refractivity contribution in [2.75, 3.05) is 11.9 Å². The molecule has 0 unspecified atom stereocenters. The van der Waals surface area contributed by atoms with E-state index in [0.29, 0.717) is 17.2 Å². The molecule has 3 aromatic rings. The van der Waals surface area contributed by atoms with E-state index in [1.54, 1.807) is 25.1 Å². The number of aliphatic hydroxyl groups excluding tert-OH is 1. The number of anilines is 1. The number of aryl methyl sites for hydroxylation is 1. The maximum atomic E-state index is 15.6. The summed E-state index contributed by atoms with van der Waals surface area (Å²) in [6.07, 6.45) is 1.53. The first-order chi connectivity index (χ1) is 17.2. The van der Waals surface area contributed by atoms with Crippen LogP contribution >= 0.6 is 0 Å². The molecule has 0 saturated heterocycles. The van der Waals surface area contributed by atoms with Crippen LogP contribution in [0.4, 0.5) is 10.3 Å². The Balaban J connectivity index is 1.54. The summed E-state index contributed by atoms with van der Waals surface area (Å²) >= 11 is 0. The number of carbonyl (C=O) groups is 2. The Labute approximate surface area is 209 Å².